The Balaban J connectivity index is 1.41. The Labute approximate surface area is 195 Å². The zero-order valence-electron chi connectivity index (χ0n) is 18.6. The molecule has 4 aromatic heterocycles. The summed E-state index contributed by atoms with van der Waals surface area (Å²) in [6.07, 6.45) is 9.56. The Morgan fingerprint density at radius 3 is 2.85 bits per heavy atom. The minimum atomic E-state index is -0.194. The maximum atomic E-state index is 13.5. The number of nitrogens with zero attached hydrogens (tertiary/aromatic N) is 7. The highest BCUT2D eigenvalue weighted by atomic mass is 16.3. The first-order chi connectivity index (χ1) is 16.6. The van der Waals surface area contributed by atoms with Gasteiger partial charge in [0.05, 0.1) is 24.7 Å². The molecular weight excluding hydrogens is 430 g/mol. The molecule has 4 heterocycles. The Morgan fingerprint density at radius 2 is 2.03 bits per heavy atom. The van der Waals surface area contributed by atoms with Crippen LogP contribution in [0.2, 0.25) is 0 Å². The first kappa shape index (κ1) is 20.5. The van der Waals surface area contributed by atoms with Crippen LogP contribution in [-0.4, -0.2) is 45.6 Å². The van der Waals surface area contributed by atoms with Crippen LogP contribution in [0.1, 0.15) is 37.4 Å². The molecule has 1 aromatic carbocycles. The van der Waals surface area contributed by atoms with Gasteiger partial charge in [-0.05, 0) is 55.5 Å². The number of hydrogen-bond donors (Lipinski definition) is 1. The van der Waals surface area contributed by atoms with E-state index in [9.17, 15) is 9.90 Å². The van der Waals surface area contributed by atoms with Gasteiger partial charge in [-0.15, -0.1) is 10.2 Å². The number of pyridine rings is 2. The zero-order chi connectivity index (χ0) is 23.2. The number of benzene rings is 1. The van der Waals surface area contributed by atoms with Crippen LogP contribution in [0, 0.1) is 0 Å². The van der Waals surface area contributed by atoms with Gasteiger partial charge in [-0.1, -0.05) is 12.1 Å². The van der Waals surface area contributed by atoms with Crippen LogP contribution in [0.5, 0.6) is 0 Å². The summed E-state index contributed by atoms with van der Waals surface area (Å²) in [7, 11) is 0. The predicted octanol–water partition coefficient (Wildman–Crippen LogP) is 3.26. The molecule has 1 fully saturated rings. The summed E-state index contributed by atoms with van der Waals surface area (Å²) in [6, 6.07) is 13.0. The fourth-order valence-corrected chi connectivity index (χ4v) is 4.16. The molecule has 0 saturated heterocycles. The Hall–Kier alpha value is -4.11. The highest BCUT2D eigenvalue weighted by Gasteiger charge is 2.25. The molecule has 1 aliphatic carbocycles. The first-order valence-electron chi connectivity index (χ1n) is 11.3. The Kier molecular flexibility index (Phi) is 4.84. The van der Waals surface area contributed by atoms with Crippen molar-refractivity contribution >= 4 is 10.8 Å². The van der Waals surface area contributed by atoms with E-state index >= 15 is 0 Å². The summed E-state index contributed by atoms with van der Waals surface area (Å²) < 4.78 is 5.27. The van der Waals surface area contributed by atoms with Crippen molar-refractivity contribution in [2.24, 2.45) is 0 Å². The molecule has 1 aliphatic rings. The Bertz CT molecular complexity index is 1560. The smallest absolute Gasteiger partial charge is 0.264 e. The number of aliphatic hydroxyl groups is 1. The van der Waals surface area contributed by atoms with Gasteiger partial charge in [0.15, 0.2) is 5.82 Å². The molecule has 9 nitrogen and oxygen atoms in total. The monoisotopic (exact) mass is 453 g/mol. The summed E-state index contributed by atoms with van der Waals surface area (Å²) in [4.78, 5) is 22.7. The standard InChI is InChI=1S/C25H23N7O2/c1-16(13-33)32-15-27-29-24(32)21-3-2-4-23(28-21)31-10-9-17-7-8-19(11-20(17)25(31)34)30-12-22(26-14-30)18-5-6-18/h2-4,7-12,14-16,18,33H,5-6,13H2,1H3/t16-/m1/s1. The average molecular weight is 454 g/mol. The molecule has 9 heteroatoms. The maximum Gasteiger partial charge on any atom is 0.264 e. The highest BCUT2D eigenvalue weighted by molar-refractivity contribution is 5.83. The first-order valence-corrected chi connectivity index (χ1v) is 11.3. The van der Waals surface area contributed by atoms with E-state index in [-0.39, 0.29) is 18.2 Å². The number of aliphatic hydroxyl groups excluding tert-OH is 1. The van der Waals surface area contributed by atoms with Crippen LogP contribution in [0.3, 0.4) is 0 Å². The van der Waals surface area contributed by atoms with Crippen molar-refractivity contribution in [1.82, 2.24) is 33.9 Å². The average Bonchev–Trinajstić information content (AvgIpc) is 3.39. The fourth-order valence-electron chi connectivity index (χ4n) is 4.16. The molecule has 0 aliphatic heterocycles. The molecule has 0 spiro atoms. The van der Waals surface area contributed by atoms with Gasteiger partial charge in [-0.2, -0.15) is 0 Å². The van der Waals surface area contributed by atoms with Crippen LogP contribution in [-0.2, 0) is 0 Å². The van der Waals surface area contributed by atoms with E-state index in [2.05, 4.69) is 26.4 Å². The van der Waals surface area contributed by atoms with Crippen LogP contribution in [0.25, 0.3) is 33.8 Å². The van der Waals surface area contributed by atoms with Gasteiger partial charge in [0.1, 0.15) is 17.8 Å². The second-order valence-electron chi connectivity index (χ2n) is 8.72. The molecule has 0 bridgehead atoms. The molecule has 34 heavy (non-hydrogen) atoms. The van der Waals surface area contributed by atoms with Crippen molar-refractivity contribution in [3.05, 3.63) is 83.6 Å². The SMILES string of the molecule is C[C@H](CO)n1cnnc1-c1cccc(-n2ccc3ccc(-n4cnc(C5CC5)c4)cc3c2=O)n1. The number of imidazole rings is 1. The largest absolute Gasteiger partial charge is 0.394 e. The van der Waals surface area contributed by atoms with Gasteiger partial charge in [-0.25, -0.2) is 9.97 Å². The van der Waals surface area contributed by atoms with E-state index in [1.54, 1.807) is 23.2 Å². The number of aromatic nitrogens is 7. The minimum Gasteiger partial charge on any atom is -0.394 e. The second-order valence-corrected chi connectivity index (χ2v) is 8.72. The molecule has 0 radical (unpaired) electrons. The van der Waals surface area contributed by atoms with E-state index in [0.717, 1.165) is 16.8 Å². The predicted molar refractivity (Wildman–Crippen MR) is 127 cm³/mol. The van der Waals surface area contributed by atoms with Crippen molar-refractivity contribution in [2.45, 2.75) is 31.7 Å². The number of rotatable bonds is 6. The van der Waals surface area contributed by atoms with Crippen molar-refractivity contribution < 1.29 is 5.11 Å². The molecule has 1 saturated carbocycles. The van der Waals surface area contributed by atoms with E-state index in [0.29, 0.717) is 28.6 Å². The van der Waals surface area contributed by atoms with Crippen molar-refractivity contribution in [3.8, 4) is 23.0 Å². The third-order valence-electron chi connectivity index (χ3n) is 6.31. The number of fused-ring (bicyclic) bond motifs is 1. The molecule has 0 unspecified atom stereocenters. The summed E-state index contributed by atoms with van der Waals surface area (Å²) >= 11 is 0. The Morgan fingerprint density at radius 1 is 1.15 bits per heavy atom. The van der Waals surface area contributed by atoms with Gasteiger partial charge in [0, 0.05) is 29.4 Å². The maximum absolute atomic E-state index is 13.5. The summed E-state index contributed by atoms with van der Waals surface area (Å²) in [5.41, 5.74) is 2.42. The van der Waals surface area contributed by atoms with Crippen molar-refractivity contribution in [3.63, 3.8) is 0 Å². The third-order valence-corrected chi connectivity index (χ3v) is 6.31. The van der Waals surface area contributed by atoms with Crippen LogP contribution in [0.4, 0.5) is 0 Å². The van der Waals surface area contributed by atoms with Gasteiger partial charge in [0.2, 0.25) is 0 Å². The van der Waals surface area contributed by atoms with Crippen LogP contribution >= 0.6 is 0 Å². The van der Waals surface area contributed by atoms with Gasteiger partial charge in [-0.3, -0.25) is 9.36 Å². The molecule has 1 atom stereocenters. The topological polar surface area (TPSA) is 104 Å². The molecule has 0 amide bonds. The van der Waals surface area contributed by atoms with E-state index < -0.39 is 0 Å². The molecule has 170 valence electrons. The lowest BCUT2D eigenvalue weighted by Crippen LogP contribution is -2.19. The summed E-state index contributed by atoms with van der Waals surface area (Å²) in [5, 5.41) is 19.1. The molecule has 6 rings (SSSR count). The fraction of sp³-hybridized carbons (Fsp3) is 0.240. The lowest BCUT2D eigenvalue weighted by atomic mass is 10.1. The van der Waals surface area contributed by atoms with Crippen LogP contribution < -0.4 is 5.56 Å². The molecule has 1 N–H and O–H groups in total. The third kappa shape index (κ3) is 3.50. The van der Waals surface area contributed by atoms with E-state index in [4.69, 9.17) is 0 Å². The second kappa shape index (κ2) is 8.03. The quantitative estimate of drug-likeness (QED) is 0.423. The molecular formula is C25H23N7O2. The minimum absolute atomic E-state index is 0.0454. The van der Waals surface area contributed by atoms with Gasteiger partial charge in [0.25, 0.3) is 5.56 Å². The summed E-state index contributed by atoms with van der Waals surface area (Å²) in [5.74, 6) is 1.59. The van der Waals surface area contributed by atoms with Crippen molar-refractivity contribution in [2.75, 3.05) is 6.61 Å². The lowest BCUT2D eigenvalue weighted by molar-refractivity contribution is 0.239. The zero-order valence-corrected chi connectivity index (χ0v) is 18.6. The van der Waals surface area contributed by atoms with E-state index in [1.807, 2.05) is 54.2 Å². The molecule has 5 aromatic rings. The highest BCUT2D eigenvalue weighted by Crippen LogP contribution is 2.39. The van der Waals surface area contributed by atoms with Gasteiger partial charge < -0.3 is 14.2 Å². The van der Waals surface area contributed by atoms with Crippen molar-refractivity contribution in [1.29, 1.82) is 0 Å². The normalized spacial score (nSPS) is 14.5. The van der Waals surface area contributed by atoms with E-state index in [1.165, 1.54) is 17.4 Å². The number of hydrogen-bond acceptors (Lipinski definition) is 6. The lowest BCUT2D eigenvalue weighted by Gasteiger charge is -2.13. The van der Waals surface area contributed by atoms with Crippen LogP contribution in [0.15, 0.2) is 72.3 Å². The summed E-state index contributed by atoms with van der Waals surface area (Å²) in [6.45, 7) is 1.83. The van der Waals surface area contributed by atoms with Gasteiger partial charge >= 0.3 is 0 Å².